The first-order valence-electron chi connectivity index (χ1n) is 12.7. The summed E-state index contributed by atoms with van der Waals surface area (Å²) in [7, 11) is -4.35. The van der Waals surface area contributed by atoms with Gasteiger partial charge in [-0.1, -0.05) is 56.0 Å². The number of hydrogen-bond acceptors (Lipinski definition) is 9. The third-order valence-electron chi connectivity index (χ3n) is 6.35. The van der Waals surface area contributed by atoms with Gasteiger partial charge in [-0.05, 0) is 38.5 Å². The highest BCUT2D eigenvalue weighted by atomic mass is 31.2. The number of aromatic amines is 1. The van der Waals surface area contributed by atoms with Crippen molar-refractivity contribution >= 4 is 13.7 Å². The topological polar surface area (TPSA) is 158 Å². The highest BCUT2D eigenvalue weighted by molar-refractivity contribution is 7.52. The van der Waals surface area contributed by atoms with Crippen LogP contribution in [0.25, 0.3) is 0 Å². The monoisotopic (exact) mass is 607 g/mol. The Morgan fingerprint density at radius 2 is 1.81 bits per heavy atom. The summed E-state index contributed by atoms with van der Waals surface area (Å²) in [5, 5.41) is 13.3. The van der Waals surface area contributed by atoms with Crippen molar-refractivity contribution in [3.05, 3.63) is 99.1 Å². The van der Waals surface area contributed by atoms with Gasteiger partial charge in [-0.2, -0.15) is 9.48 Å². The minimum atomic E-state index is -4.35. The van der Waals surface area contributed by atoms with E-state index >= 15 is 0 Å². The Morgan fingerprint density at radius 1 is 1.19 bits per heavy atom. The number of aliphatic hydroxyl groups excluding tert-OH is 1. The molecule has 3 N–H and O–H groups in total. The van der Waals surface area contributed by atoms with Crippen molar-refractivity contribution in [2.24, 2.45) is 0 Å². The van der Waals surface area contributed by atoms with Gasteiger partial charge >= 0.3 is 19.4 Å². The van der Waals surface area contributed by atoms with Crippen molar-refractivity contribution in [1.29, 1.82) is 0 Å². The quantitative estimate of drug-likeness (QED) is 0.218. The van der Waals surface area contributed by atoms with Crippen LogP contribution < -0.4 is 20.9 Å². The molecule has 4 rings (SSSR count). The van der Waals surface area contributed by atoms with Crippen molar-refractivity contribution in [3.63, 3.8) is 0 Å². The largest absolute Gasteiger partial charge is 0.459 e. The summed E-state index contributed by atoms with van der Waals surface area (Å²) in [6.07, 6.45) is -1.88. The van der Waals surface area contributed by atoms with Gasteiger partial charge in [-0.3, -0.25) is 23.7 Å². The first-order chi connectivity index (χ1) is 19.3. The van der Waals surface area contributed by atoms with Crippen molar-refractivity contribution in [3.8, 4) is 5.75 Å². The van der Waals surface area contributed by atoms with Gasteiger partial charge in [0.15, 0.2) is 0 Å². The Bertz CT molecular complexity index is 1530. The molecule has 1 aliphatic heterocycles. The molecule has 14 heteroatoms. The van der Waals surface area contributed by atoms with Crippen LogP contribution in [0.15, 0.2) is 76.4 Å². The summed E-state index contributed by atoms with van der Waals surface area (Å²) in [6.45, 7) is 3.78. The number of esters is 1. The van der Waals surface area contributed by atoms with E-state index in [9.17, 15) is 28.4 Å². The number of benzene rings is 2. The zero-order valence-corrected chi connectivity index (χ0v) is 23.5. The zero-order valence-electron chi connectivity index (χ0n) is 22.6. The van der Waals surface area contributed by atoms with E-state index in [4.69, 9.17) is 18.5 Å². The van der Waals surface area contributed by atoms with Gasteiger partial charge in [-0.25, -0.2) is 9.36 Å². The van der Waals surface area contributed by atoms with Crippen LogP contribution in [-0.2, 0) is 35.7 Å². The molecule has 4 atom stereocenters. The van der Waals surface area contributed by atoms with E-state index in [1.54, 1.807) is 42.5 Å². The van der Waals surface area contributed by atoms with E-state index in [1.165, 1.54) is 32.9 Å². The SMILES string of the molecule is C.CC(C)(NP(=O)(OC[C@H]1O[C@@](C)(n2cc(F)c(=O)[nH]c2=O)CC1O)Oc1ccccc1)C(=O)OCc1ccccc1. The Morgan fingerprint density at radius 3 is 2.45 bits per heavy atom. The van der Waals surface area contributed by atoms with Crippen LogP contribution in [0.3, 0.4) is 0 Å². The van der Waals surface area contributed by atoms with E-state index < -0.39 is 60.9 Å². The number of H-pyrrole nitrogens is 1. The number of hydrogen-bond donors (Lipinski definition) is 3. The molecule has 0 radical (unpaired) electrons. The van der Waals surface area contributed by atoms with Gasteiger partial charge < -0.3 is 19.1 Å². The van der Waals surface area contributed by atoms with Crippen molar-refractivity contribution < 1.29 is 37.4 Å². The minimum Gasteiger partial charge on any atom is -0.459 e. The fourth-order valence-corrected chi connectivity index (χ4v) is 5.92. The lowest BCUT2D eigenvalue weighted by Crippen LogP contribution is -2.47. The average Bonchev–Trinajstić information content (AvgIpc) is 3.22. The molecular weight excluding hydrogens is 572 g/mol. The molecule has 2 unspecified atom stereocenters. The molecule has 0 aliphatic carbocycles. The molecule has 1 aromatic heterocycles. The number of carbonyl (C=O) groups excluding carboxylic acids is 1. The second kappa shape index (κ2) is 13.1. The number of carbonyl (C=O) groups is 1. The summed E-state index contributed by atoms with van der Waals surface area (Å²) in [5.74, 6) is -1.77. The van der Waals surface area contributed by atoms with Crippen LogP contribution in [0.2, 0.25) is 0 Å². The Labute approximate surface area is 242 Å². The van der Waals surface area contributed by atoms with Crippen LogP contribution in [0.1, 0.15) is 40.2 Å². The Hall–Kier alpha value is -3.61. The van der Waals surface area contributed by atoms with Crippen molar-refractivity contribution in [1.82, 2.24) is 14.6 Å². The molecule has 0 bridgehead atoms. The molecule has 1 aliphatic rings. The van der Waals surface area contributed by atoms with Crippen LogP contribution in [0.4, 0.5) is 4.39 Å². The molecule has 1 saturated heterocycles. The summed E-state index contributed by atoms with van der Waals surface area (Å²) < 4.78 is 51.2. The molecule has 3 aromatic rings. The molecule has 42 heavy (non-hydrogen) atoms. The van der Waals surface area contributed by atoms with Gasteiger partial charge in [0.2, 0.25) is 5.82 Å². The smallest absolute Gasteiger partial charge is 0.459 e. The molecular formula is C28H35FN3O9P. The number of aromatic nitrogens is 2. The lowest BCUT2D eigenvalue weighted by molar-refractivity contribution is -0.151. The van der Waals surface area contributed by atoms with Gasteiger partial charge in [0, 0.05) is 6.42 Å². The van der Waals surface area contributed by atoms with E-state index in [2.05, 4.69) is 5.09 Å². The molecule has 0 spiro atoms. The lowest BCUT2D eigenvalue weighted by atomic mass is 10.1. The first-order valence-corrected chi connectivity index (χ1v) is 14.2. The van der Waals surface area contributed by atoms with Gasteiger partial charge in [0.05, 0.1) is 18.9 Å². The number of aliphatic hydroxyl groups is 1. The molecule has 2 aromatic carbocycles. The van der Waals surface area contributed by atoms with Gasteiger partial charge in [0.25, 0.3) is 5.56 Å². The van der Waals surface area contributed by atoms with Crippen LogP contribution in [-0.4, -0.2) is 45.0 Å². The number of ether oxygens (including phenoxy) is 2. The number of para-hydroxylation sites is 1. The van der Waals surface area contributed by atoms with Crippen LogP contribution >= 0.6 is 7.75 Å². The minimum absolute atomic E-state index is 0. The van der Waals surface area contributed by atoms with E-state index in [0.29, 0.717) is 6.20 Å². The second-order valence-electron chi connectivity index (χ2n) is 10.2. The summed E-state index contributed by atoms with van der Waals surface area (Å²) in [6, 6.07) is 17.1. The fraction of sp³-hybridized carbons (Fsp3) is 0.393. The summed E-state index contributed by atoms with van der Waals surface area (Å²) >= 11 is 0. The molecule has 2 heterocycles. The maximum Gasteiger partial charge on any atom is 0.459 e. The molecule has 12 nitrogen and oxygen atoms in total. The lowest BCUT2D eigenvalue weighted by Gasteiger charge is -2.30. The predicted octanol–water partition coefficient (Wildman–Crippen LogP) is 3.45. The zero-order chi connectivity index (χ0) is 29.8. The average molecular weight is 608 g/mol. The molecule has 1 fully saturated rings. The number of nitrogens with one attached hydrogen (secondary N) is 2. The van der Waals surface area contributed by atoms with Crippen molar-refractivity contribution in [2.75, 3.05) is 6.61 Å². The number of halogens is 1. The van der Waals surface area contributed by atoms with Crippen molar-refractivity contribution in [2.45, 2.75) is 64.7 Å². The Kier molecular flexibility index (Phi) is 10.3. The van der Waals surface area contributed by atoms with E-state index in [-0.39, 0.29) is 26.2 Å². The maximum atomic E-state index is 14.0. The van der Waals surface area contributed by atoms with Crippen LogP contribution in [0.5, 0.6) is 5.75 Å². The van der Waals surface area contributed by atoms with E-state index in [0.717, 1.165) is 10.1 Å². The van der Waals surface area contributed by atoms with Gasteiger partial charge in [-0.15, -0.1) is 0 Å². The predicted molar refractivity (Wildman–Crippen MR) is 151 cm³/mol. The third kappa shape index (κ3) is 7.81. The highest BCUT2D eigenvalue weighted by Gasteiger charge is 2.47. The normalized spacial score (nSPS) is 21.6. The van der Waals surface area contributed by atoms with Crippen LogP contribution in [0, 0.1) is 5.82 Å². The number of rotatable bonds is 11. The fourth-order valence-electron chi connectivity index (χ4n) is 4.24. The second-order valence-corrected chi connectivity index (χ2v) is 11.9. The molecule has 228 valence electrons. The molecule has 0 amide bonds. The highest BCUT2D eigenvalue weighted by Crippen LogP contribution is 2.47. The number of nitrogens with zero attached hydrogens (tertiary/aromatic N) is 1. The van der Waals surface area contributed by atoms with E-state index in [1.807, 2.05) is 11.1 Å². The summed E-state index contributed by atoms with van der Waals surface area (Å²) in [4.78, 5) is 38.5. The first kappa shape index (κ1) is 32.9. The summed E-state index contributed by atoms with van der Waals surface area (Å²) in [5.41, 5.74) is -4.49. The third-order valence-corrected chi connectivity index (χ3v) is 8.12. The standard InChI is InChI=1S/C27H31FN3O9P.CH4/c1-26(2,24(34)37-16-18-10-6-4-7-11-18)30-41(36,40-19-12-8-5-9-13-19)38-17-22-21(32)14-27(3,39-22)31-15-20(28)23(33)29-25(31)35;/h4-13,15,21-22,32H,14,16-17H2,1-3H3,(H,30,36)(H,29,33,35);1H4/t21?,22-,27-,41?;/m1./s1. The Balaban J connectivity index is 0.00000484. The molecule has 0 saturated carbocycles. The van der Waals surface area contributed by atoms with Gasteiger partial charge in [0.1, 0.15) is 29.7 Å². The maximum absolute atomic E-state index is 14.0.